The highest BCUT2D eigenvalue weighted by atomic mass is 16.5. The molecule has 23 heavy (non-hydrogen) atoms. The van der Waals surface area contributed by atoms with Gasteiger partial charge in [-0.05, 0) is 37.1 Å². The lowest BCUT2D eigenvalue weighted by Crippen LogP contribution is -2.27. The van der Waals surface area contributed by atoms with Gasteiger partial charge in [0.15, 0.2) is 6.61 Å². The molecule has 6 nitrogen and oxygen atoms in total. The third-order valence-electron chi connectivity index (χ3n) is 3.23. The van der Waals surface area contributed by atoms with Gasteiger partial charge in [0.2, 0.25) is 0 Å². The normalized spacial score (nSPS) is 10.2. The third kappa shape index (κ3) is 4.81. The number of esters is 1. The Balaban J connectivity index is 1.87. The Morgan fingerprint density at radius 2 is 1.96 bits per heavy atom. The molecule has 0 bridgehead atoms. The second-order valence-corrected chi connectivity index (χ2v) is 5.19. The van der Waals surface area contributed by atoms with Crippen molar-refractivity contribution in [2.24, 2.45) is 0 Å². The van der Waals surface area contributed by atoms with Gasteiger partial charge in [-0.3, -0.25) is 14.4 Å². The van der Waals surface area contributed by atoms with Gasteiger partial charge >= 0.3 is 5.97 Å². The molecule has 0 aliphatic rings. The maximum atomic E-state index is 11.8. The van der Waals surface area contributed by atoms with Crippen molar-refractivity contribution in [2.45, 2.75) is 20.4 Å². The molecule has 1 N–H and O–H groups in total. The van der Waals surface area contributed by atoms with E-state index in [0.29, 0.717) is 5.69 Å². The van der Waals surface area contributed by atoms with Crippen molar-refractivity contribution in [1.29, 1.82) is 0 Å². The number of carbonyl (C=O) groups excluding carboxylic acids is 2. The zero-order valence-corrected chi connectivity index (χ0v) is 13.0. The minimum absolute atomic E-state index is 0.226. The number of aromatic nitrogens is 1. The second-order valence-electron chi connectivity index (χ2n) is 5.19. The summed E-state index contributed by atoms with van der Waals surface area (Å²) in [4.78, 5) is 35.0. The molecule has 1 amide bonds. The zero-order valence-electron chi connectivity index (χ0n) is 13.0. The Hall–Kier alpha value is -2.89. The van der Waals surface area contributed by atoms with Crippen LogP contribution in [0.2, 0.25) is 0 Å². The second kappa shape index (κ2) is 7.40. The van der Waals surface area contributed by atoms with E-state index in [1.165, 1.54) is 16.8 Å². The predicted molar refractivity (Wildman–Crippen MR) is 86.2 cm³/mol. The number of anilines is 1. The fourth-order valence-electron chi connectivity index (χ4n) is 1.98. The van der Waals surface area contributed by atoms with Crippen LogP contribution in [0.25, 0.3) is 0 Å². The zero-order chi connectivity index (χ0) is 16.8. The maximum Gasteiger partial charge on any atom is 0.326 e. The number of ether oxygens (including phenoxy) is 1. The molecular formula is C17H18N2O4. The molecule has 1 aromatic carbocycles. The molecule has 0 aliphatic carbocycles. The molecule has 0 spiro atoms. The van der Waals surface area contributed by atoms with Gasteiger partial charge in [-0.25, -0.2) is 0 Å². The fraction of sp³-hybridized carbons (Fsp3) is 0.235. The van der Waals surface area contributed by atoms with E-state index in [0.717, 1.165) is 11.1 Å². The minimum Gasteiger partial charge on any atom is -0.454 e. The van der Waals surface area contributed by atoms with Gasteiger partial charge < -0.3 is 14.6 Å². The summed E-state index contributed by atoms with van der Waals surface area (Å²) in [5, 5.41) is 2.70. The molecule has 0 fully saturated rings. The largest absolute Gasteiger partial charge is 0.454 e. The summed E-state index contributed by atoms with van der Waals surface area (Å²) in [6.45, 7) is 3.18. The molecule has 120 valence electrons. The first-order chi connectivity index (χ1) is 11.0. The number of nitrogens with zero attached hydrogens (tertiary/aromatic N) is 1. The minimum atomic E-state index is -0.644. The Labute approximate surface area is 133 Å². The molecule has 2 aromatic rings. The quantitative estimate of drug-likeness (QED) is 0.851. The van der Waals surface area contributed by atoms with Crippen molar-refractivity contribution in [3.63, 3.8) is 0 Å². The highest BCUT2D eigenvalue weighted by Gasteiger charge is 2.10. The molecule has 0 radical (unpaired) electrons. The van der Waals surface area contributed by atoms with Crippen LogP contribution >= 0.6 is 0 Å². The molecule has 0 atom stereocenters. The lowest BCUT2D eigenvalue weighted by molar-refractivity contribution is -0.147. The van der Waals surface area contributed by atoms with E-state index in [9.17, 15) is 14.4 Å². The van der Waals surface area contributed by atoms with Crippen molar-refractivity contribution >= 4 is 17.6 Å². The Morgan fingerprint density at radius 1 is 1.17 bits per heavy atom. The standard InChI is InChI=1S/C17H18N2O4/c1-12-6-7-13(2)14(9-12)18-15(20)11-23-17(22)10-19-8-4-3-5-16(19)21/h3-9H,10-11H2,1-2H3,(H,18,20). The summed E-state index contributed by atoms with van der Waals surface area (Å²) in [7, 11) is 0. The van der Waals surface area contributed by atoms with Crippen LogP contribution < -0.4 is 10.9 Å². The third-order valence-corrected chi connectivity index (χ3v) is 3.23. The van der Waals surface area contributed by atoms with E-state index in [2.05, 4.69) is 5.32 Å². The smallest absolute Gasteiger partial charge is 0.326 e. The molecule has 1 aromatic heterocycles. The molecule has 1 heterocycles. The number of hydrogen-bond donors (Lipinski definition) is 1. The van der Waals surface area contributed by atoms with Crippen molar-refractivity contribution < 1.29 is 14.3 Å². The number of carbonyl (C=O) groups is 2. The van der Waals surface area contributed by atoms with Crippen LogP contribution in [0.3, 0.4) is 0 Å². The van der Waals surface area contributed by atoms with Crippen LogP contribution in [0.15, 0.2) is 47.4 Å². The number of nitrogens with one attached hydrogen (secondary N) is 1. The molecule has 0 aliphatic heterocycles. The maximum absolute atomic E-state index is 11.8. The predicted octanol–water partition coefficient (Wildman–Crippen LogP) is 1.65. The van der Waals surface area contributed by atoms with Crippen molar-refractivity contribution in [3.8, 4) is 0 Å². The van der Waals surface area contributed by atoms with E-state index in [1.807, 2.05) is 32.0 Å². The van der Waals surface area contributed by atoms with E-state index < -0.39 is 18.5 Å². The van der Waals surface area contributed by atoms with Gasteiger partial charge in [-0.1, -0.05) is 18.2 Å². The lowest BCUT2D eigenvalue weighted by atomic mass is 10.1. The monoisotopic (exact) mass is 314 g/mol. The summed E-state index contributed by atoms with van der Waals surface area (Å²) < 4.78 is 6.11. The average molecular weight is 314 g/mol. The first-order valence-electron chi connectivity index (χ1n) is 7.14. The summed E-state index contributed by atoms with van der Waals surface area (Å²) in [5.74, 6) is -1.07. The van der Waals surface area contributed by atoms with Crippen LogP contribution in [-0.4, -0.2) is 23.1 Å². The lowest BCUT2D eigenvalue weighted by Gasteiger charge is -2.10. The van der Waals surface area contributed by atoms with Crippen LogP contribution in [0.1, 0.15) is 11.1 Å². The van der Waals surface area contributed by atoms with E-state index >= 15 is 0 Å². The molecule has 0 saturated carbocycles. The number of aryl methyl sites for hydroxylation is 2. The Morgan fingerprint density at radius 3 is 2.70 bits per heavy atom. The highest BCUT2D eigenvalue weighted by Crippen LogP contribution is 2.16. The Kier molecular flexibility index (Phi) is 5.30. The van der Waals surface area contributed by atoms with Gasteiger partial charge in [-0.15, -0.1) is 0 Å². The van der Waals surface area contributed by atoms with Gasteiger partial charge in [0, 0.05) is 18.0 Å². The van der Waals surface area contributed by atoms with Crippen molar-refractivity contribution in [3.05, 3.63) is 64.1 Å². The summed E-state index contributed by atoms with van der Waals surface area (Å²) in [6.07, 6.45) is 1.49. The number of hydrogen-bond acceptors (Lipinski definition) is 4. The average Bonchev–Trinajstić information content (AvgIpc) is 2.51. The summed E-state index contributed by atoms with van der Waals surface area (Å²) in [6, 6.07) is 10.3. The van der Waals surface area contributed by atoms with Crippen molar-refractivity contribution in [1.82, 2.24) is 4.57 Å². The molecule has 2 rings (SSSR count). The van der Waals surface area contributed by atoms with Crippen LogP contribution in [0.5, 0.6) is 0 Å². The summed E-state index contributed by atoms with van der Waals surface area (Å²) in [5.41, 5.74) is 2.33. The Bertz CT molecular complexity index is 780. The van der Waals surface area contributed by atoms with Crippen LogP contribution in [0, 0.1) is 13.8 Å². The van der Waals surface area contributed by atoms with Gasteiger partial charge in [-0.2, -0.15) is 0 Å². The van der Waals surface area contributed by atoms with Gasteiger partial charge in [0.1, 0.15) is 6.54 Å². The van der Waals surface area contributed by atoms with Gasteiger partial charge in [0.05, 0.1) is 0 Å². The van der Waals surface area contributed by atoms with Gasteiger partial charge in [0.25, 0.3) is 11.5 Å². The number of benzene rings is 1. The topological polar surface area (TPSA) is 77.4 Å². The van der Waals surface area contributed by atoms with Crippen molar-refractivity contribution in [2.75, 3.05) is 11.9 Å². The molecule has 0 saturated heterocycles. The van der Waals surface area contributed by atoms with Crippen LogP contribution in [0.4, 0.5) is 5.69 Å². The number of amides is 1. The summed E-state index contributed by atoms with van der Waals surface area (Å²) >= 11 is 0. The number of pyridine rings is 1. The SMILES string of the molecule is Cc1ccc(C)c(NC(=O)COC(=O)Cn2ccccc2=O)c1. The molecular weight excluding hydrogens is 296 g/mol. The van der Waals surface area contributed by atoms with Crippen LogP contribution in [-0.2, 0) is 20.9 Å². The molecule has 0 unspecified atom stereocenters. The van der Waals surface area contributed by atoms with E-state index in [4.69, 9.17) is 4.74 Å². The first kappa shape index (κ1) is 16.5. The van der Waals surface area contributed by atoms with E-state index in [1.54, 1.807) is 12.1 Å². The highest BCUT2D eigenvalue weighted by molar-refractivity contribution is 5.93. The number of rotatable bonds is 5. The molecule has 6 heteroatoms. The first-order valence-corrected chi connectivity index (χ1v) is 7.14. The fourth-order valence-corrected chi connectivity index (χ4v) is 1.98. The van der Waals surface area contributed by atoms with E-state index in [-0.39, 0.29) is 12.1 Å².